The standard InChI is InChI=1S/C43H55ClN4O4/c1-29(27-52-39-11-16-45-38-8-3-5-30(2)40(38)39)21-33-23-32-10-9-31(25-47-17-18-48-19-20-51-28-36(48)26-47)22-37(32)42(33)12-14-43(15-13-42,41(49)50)46-35-7-4-6-34(44)24-35/h4,6-7,9-11,16,22,24,29-30,33,36,46H,3,5,8,12-15,17-21,23,25-28H2,1-2H3,(H,49,50)/t29-,30-,33+,36+,42?,43?/m1/s1. The summed E-state index contributed by atoms with van der Waals surface area (Å²) in [5, 5.41) is 14.8. The normalized spacial score (nSPS) is 29.6. The van der Waals surface area contributed by atoms with E-state index in [-0.39, 0.29) is 5.41 Å². The van der Waals surface area contributed by atoms with Crippen molar-refractivity contribution in [2.75, 3.05) is 51.3 Å². The molecule has 8 rings (SSSR count). The monoisotopic (exact) mass is 726 g/mol. The molecule has 0 radical (unpaired) electrons. The molecule has 0 amide bonds. The van der Waals surface area contributed by atoms with Gasteiger partial charge in [0, 0.05) is 66.9 Å². The third kappa shape index (κ3) is 7.08. The van der Waals surface area contributed by atoms with Crippen LogP contribution in [0.25, 0.3) is 0 Å². The molecule has 1 spiro atoms. The summed E-state index contributed by atoms with van der Waals surface area (Å²) >= 11 is 6.32. The lowest BCUT2D eigenvalue weighted by Gasteiger charge is -2.47. The number of piperazine rings is 1. The zero-order chi connectivity index (χ0) is 35.9. The van der Waals surface area contributed by atoms with Gasteiger partial charge in [0.2, 0.25) is 0 Å². The number of pyridine rings is 1. The quantitative estimate of drug-likeness (QED) is 0.220. The first-order valence-corrected chi connectivity index (χ1v) is 20.1. The van der Waals surface area contributed by atoms with Gasteiger partial charge in [-0.05, 0) is 122 Å². The number of aromatic nitrogens is 1. The number of rotatable bonds is 10. The molecular formula is C43H55ClN4O4. The Bertz CT molecular complexity index is 1760. The first-order chi connectivity index (χ1) is 25.2. The average molecular weight is 727 g/mol. The molecule has 2 saturated heterocycles. The number of benzene rings is 2. The van der Waals surface area contributed by atoms with Crippen molar-refractivity contribution in [1.29, 1.82) is 0 Å². The highest BCUT2D eigenvalue weighted by molar-refractivity contribution is 6.30. The number of nitrogens with zero attached hydrogens (tertiary/aromatic N) is 3. The number of fused-ring (bicyclic) bond motifs is 4. The molecule has 8 nitrogen and oxygen atoms in total. The van der Waals surface area contributed by atoms with E-state index in [0.717, 1.165) is 89.5 Å². The predicted octanol–water partition coefficient (Wildman–Crippen LogP) is 7.72. The van der Waals surface area contributed by atoms with E-state index in [1.165, 1.54) is 40.8 Å². The molecule has 0 unspecified atom stereocenters. The van der Waals surface area contributed by atoms with Gasteiger partial charge in [-0.3, -0.25) is 14.8 Å². The molecule has 3 fully saturated rings. The lowest BCUT2D eigenvalue weighted by atomic mass is 9.59. The van der Waals surface area contributed by atoms with Crippen LogP contribution in [0.1, 0.15) is 92.7 Å². The van der Waals surface area contributed by atoms with Crippen LogP contribution in [0.5, 0.6) is 5.75 Å². The lowest BCUT2D eigenvalue weighted by molar-refractivity contribution is -0.144. The van der Waals surface area contributed by atoms with Gasteiger partial charge in [0.15, 0.2) is 0 Å². The Morgan fingerprint density at radius 2 is 2.00 bits per heavy atom. The number of carbonyl (C=O) groups is 1. The number of carboxylic acids is 1. The second-order valence-electron chi connectivity index (χ2n) is 16.7. The number of nitrogens with one attached hydrogen (secondary N) is 1. The number of anilines is 1. The van der Waals surface area contributed by atoms with Crippen LogP contribution in [0.3, 0.4) is 0 Å². The van der Waals surface area contributed by atoms with Crippen LogP contribution >= 0.6 is 11.6 Å². The fourth-order valence-corrected chi connectivity index (χ4v) is 10.6. The van der Waals surface area contributed by atoms with Gasteiger partial charge in [-0.2, -0.15) is 0 Å². The topological polar surface area (TPSA) is 87.2 Å². The molecule has 9 heteroatoms. The van der Waals surface area contributed by atoms with E-state index in [1.54, 1.807) is 0 Å². The Balaban J connectivity index is 1.03. The zero-order valence-corrected chi connectivity index (χ0v) is 31.7. The highest BCUT2D eigenvalue weighted by atomic mass is 35.5. The smallest absolute Gasteiger partial charge is 0.329 e. The van der Waals surface area contributed by atoms with Gasteiger partial charge in [-0.25, -0.2) is 4.79 Å². The Kier molecular flexibility index (Phi) is 10.3. The largest absolute Gasteiger partial charge is 0.493 e. The van der Waals surface area contributed by atoms with Gasteiger partial charge >= 0.3 is 5.97 Å². The minimum atomic E-state index is -1.03. The van der Waals surface area contributed by atoms with Crippen LogP contribution < -0.4 is 10.1 Å². The van der Waals surface area contributed by atoms with Crippen LogP contribution in [-0.4, -0.2) is 83.4 Å². The van der Waals surface area contributed by atoms with Crippen molar-refractivity contribution < 1.29 is 19.4 Å². The van der Waals surface area contributed by atoms with Crippen molar-refractivity contribution >= 4 is 23.3 Å². The van der Waals surface area contributed by atoms with Gasteiger partial charge < -0.3 is 19.9 Å². The lowest BCUT2D eigenvalue weighted by Crippen LogP contribution is -2.57. The maximum Gasteiger partial charge on any atom is 0.329 e. The first-order valence-electron chi connectivity index (χ1n) is 19.8. The highest BCUT2D eigenvalue weighted by Crippen LogP contribution is 2.56. The van der Waals surface area contributed by atoms with E-state index in [9.17, 15) is 9.90 Å². The molecule has 278 valence electrons. The number of halogens is 1. The Hall–Kier alpha value is -3.17. The maximum atomic E-state index is 13.1. The van der Waals surface area contributed by atoms with Crippen LogP contribution in [0, 0.1) is 11.8 Å². The van der Waals surface area contributed by atoms with E-state index in [2.05, 4.69) is 53.2 Å². The van der Waals surface area contributed by atoms with Crippen molar-refractivity contribution in [1.82, 2.24) is 14.8 Å². The molecule has 1 aromatic heterocycles. The molecule has 3 aromatic rings. The minimum Gasteiger partial charge on any atom is -0.493 e. The fraction of sp³-hybridized carbons (Fsp3) is 0.581. The van der Waals surface area contributed by atoms with E-state index in [0.29, 0.717) is 48.3 Å². The second kappa shape index (κ2) is 14.9. The number of carboxylic acid groups (broad SMARTS) is 1. The Morgan fingerprint density at radius 1 is 1.13 bits per heavy atom. The average Bonchev–Trinajstić information content (AvgIpc) is 3.42. The first kappa shape index (κ1) is 35.8. The number of hydrogen-bond acceptors (Lipinski definition) is 7. The third-order valence-electron chi connectivity index (χ3n) is 13.3. The van der Waals surface area contributed by atoms with Gasteiger partial charge in [-0.1, -0.05) is 49.7 Å². The van der Waals surface area contributed by atoms with E-state index >= 15 is 0 Å². The number of hydrogen-bond donors (Lipinski definition) is 2. The molecule has 0 bridgehead atoms. The molecule has 2 aromatic carbocycles. The summed E-state index contributed by atoms with van der Waals surface area (Å²) in [7, 11) is 0. The van der Waals surface area contributed by atoms with Gasteiger partial charge in [0.05, 0.1) is 19.8 Å². The van der Waals surface area contributed by atoms with Crippen LogP contribution in [0.15, 0.2) is 54.7 Å². The summed E-state index contributed by atoms with van der Waals surface area (Å²) in [6.45, 7) is 12.2. The Labute approximate surface area is 314 Å². The van der Waals surface area contributed by atoms with Crippen LogP contribution in [0.2, 0.25) is 5.02 Å². The Morgan fingerprint density at radius 3 is 2.83 bits per heavy atom. The van der Waals surface area contributed by atoms with Crippen LogP contribution in [0.4, 0.5) is 5.69 Å². The van der Waals surface area contributed by atoms with Crippen molar-refractivity contribution in [2.45, 2.75) is 101 Å². The SMILES string of the molecule is C[C@@H](COc1ccnc2c1[C@H](C)CCC2)C[C@H]1Cc2ccc(CN3CCN4CCOC[C@@H]4C3)cc2C12CCC(Nc1cccc(Cl)c1)(C(=O)O)CC2. The number of morpholine rings is 1. The van der Waals surface area contributed by atoms with Crippen molar-refractivity contribution in [3.8, 4) is 5.75 Å². The molecule has 5 aliphatic rings. The molecule has 4 atom stereocenters. The summed E-state index contributed by atoms with van der Waals surface area (Å²) in [4.78, 5) is 22.9. The van der Waals surface area contributed by atoms with Crippen LogP contribution in [-0.2, 0) is 34.3 Å². The summed E-state index contributed by atoms with van der Waals surface area (Å²) < 4.78 is 12.5. The molecule has 2 aliphatic heterocycles. The highest BCUT2D eigenvalue weighted by Gasteiger charge is 2.54. The fourth-order valence-electron chi connectivity index (χ4n) is 10.5. The van der Waals surface area contributed by atoms with E-state index in [1.807, 2.05) is 30.5 Å². The maximum absolute atomic E-state index is 13.1. The van der Waals surface area contributed by atoms with E-state index < -0.39 is 11.5 Å². The number of ether oxygens (including phenoxy) is 2. The van der Waals surface area contributed by atoms with Crippen molar-refractivity contribution in [3.63, 3.8) is 0 Å². The van der Waals surface area contributed by atoms with Crippen molar-refractivity contribution in [3.05, 3.63) is 87.7 Å². The molecule has 3 aliphatic carbocycles. The third-order valence-corrected chi connectivity index (χ3v) is 13.5. The summed E-state index contributed by atoms with van der Waals surface area (Å²) in [5.41, 5.74) is 6.43. The summed E-state index contributed by atoms with van der Waals surface area (Å²) in [5.74, 6) is 1.47. The second-order valence-corrected chi connectivity index (χ2v) is 17.1. The van der Waals surface area contributed by atoms with Gasteiger partial charge in [0.25, 0.3) is 0 Å². The minimum absolute atomic E-state index is 0.0746. The number of aryl methyl sites for hydroxylation is 1. The molecule has 2 N–H and O–H groups in total. The molecule has 1 saturated carbocycles. The predicted molar refractivity (Wildman–Crippen MR) is 206 cm³/mol. The van der Waals surface area contributed by atoms with Crippen molar-refractivity contribution in [2.24, 2.45) is 11.8 Å². The molecule has 3 heterocycles. The summed E-state index contributed by atoms with van der Waals surface area (Å²) in [6.07, 6.45) is 10.2. The molecular weight excluding hydrogens is 672 g/mol. The molecule has 52 heavy (non-hydrogen) atoms. The van der Waals surface area contributed by atoms with Gasteiger partial charge in [0.1, 0.15) is 11.3 Å². The van der Waals surface area contributed by atoms with E-state index in [4.69, 9.17) is 26.1 Å². The number of aliphatic carboxylic acids is 1. The van der Waals surface area contributed by atoms with Gasteiger partial charge in [-0.15, -0.1) is 0 Å². The zero-order valence-electron chi connectivity index (χ0n) is 30.9. The summed E-state index contributed by atoms with van der Waals surface area (Å²) in [6, 6.07) is 17.2.